The Balaban J connectivity index is 1.52. The van der Waals surface area contributed by atoms with Crippen LogP contribution in [0, 0.1) is 0 Å². The summed E-state index contributed by atoms with van der Waals surface area (Å²) in [4.78, 5) is 42.5. The van der Waals surface area contributed by atoms with E-state index in [1.165, 1.54) is 11.1 Å². The second-order valence-electron chi connectivity index (χ2n) is 7.94. The van der Waals surface area contributed by atoms with Crippen molar-refractivity contribution in [2.24, 2.45) is 0 Å². The van der Waals surface area contributed by atoms with Gasteiger partial charge in [-0.2, -0.15) is 13.2 Å². The van der Waals surface area contributed by atoms with E-state index in [4.69, 9.17) is 0 Å². The van der Waals surface area contributed by atoms with E-state index in [1.807, 2.05) is 9.80 Å². The molecule has 2 amide bonds. The van der Waals surface area contributed by atoms with Crippen molar-refractivity contribution >= 4 is 11.8 Å². The Labute approximate surface area is 173 Å². The molecule has 2 fully saturated rings. The summed E-state index contributed by atoms with van der Waals surface area (Å²) in [6, 6.07) is 2.07. The van der Waals surface area contributed by atoms with E-state index in [0.717, 1.165) is 36.4 Å². The molecule has 3 heterocycles. The van der Waals surface area contributed by atoms with Gasteiger partial charge in [-0.3, -0.25) is 19.3 Å². The molecule has 0 aliphatic carbocycles. The van der Waals surface area contributed by atoms with Crippen LogP contribution in [0.25, 0.3) is 0 Å². The molecule has 0 bridgehead atoms. The molecule has 0 radical (unpaired) electrons. The largest absolute Gasteiger partial charge is 0.421 e. The third kappa shape index (κ3) is 5.21. The first-order valence-electron chi connectivity index (χ1n) is 10.2. The van der Waals surface area contributed by atoms with Gasteiger partial charge in [-0.05, 0) is 38.3 Å². The standard InChI is InChI=1S/C20H27F3N4O3/c1-15-5-2-3-8-27(15)18(29)13-24-9-11-25(12-10-24)17(28)14-26-7-4-6-16(19(26)30)20(21,22)23/h4,6-7,15H,2-3,5,8-14H2,1H3. The van der Waals surface area contributed by atoms with Crippen LogP contribution in [0.15, 0.2) is 23.1 Å². The highest BCUT2D eigenvalue weighted by molar-refractivity contribution is 5.79. The highest BCUT2D eigenvalue weighted by atomic mass is 19.4. The summed E-state index contributed by atoms with van der Waals surface area (Å²) < 4.78 is 39.4. The maximum absolute atomic E-state index is 12.9. The van der Waals surface area contributed by atoms with E-state index in [-0.39, 0.29) is 11.9 Å². The van der Waals surface area contributed by atoms with Gasteiger partial charge in [-0.25, -0.2) is 0 Å². The third-order valence-corrected chi connectivity index (χ3v) is 5.84. The number of halogens is 3. The molecule has 30 heavy (non-hydrogen) atoms. The summed E-state index contributed by atoms with van der Waals surface area (Å²) in [5.41, 5.74) is -2.51. The zero-order valence-electron chi connectivity index (χ0n) is 17.0. The molecule has 166 valence electrons. The van der Waals surface area contributed by atoms with Crippen LogP contribution in [0.1, 0.15) is 31.7 Å². The van der Waals surface area contributed by atoms with Crippen LogP contribution >= 0.6 is 0 Å². The molecule has 0 saturated carbocycles. The lowest BCUT2D eigenvalue weighted by Gasteiger charge is -2.38. The van der Waals surface area contributed by atoms with E-state index >= 15 is 0 Å². The van der Waals surface area contributed by atoms with Crippen LogP contribution in [0.4, 0.5) is 13.2 Å². The molecule has 0 aromatic carbocycles. The van der Waals surface area contributed by atoms with Gasteiger partial charge in [0.05, 0.1) is 6.54 Å². The summed E-state index contributed by atoms with van der Waals surface area (Å²) in [7, 11) is 0. The van der Waals surface area contributed by atoms with Gasteiger partial charge in [-0.15, -0.1) is 0 Å². The maximum Gasteiger partial charge on any atom is 0.421 e. The summed E-state index contributed by atoms with van der Waals surface area (Å²) >= 11 is 0. The van der Waals surface area contributed by atoms with Crippen molar-refractivity contribution in [2.75, 3.05) is 39.3 Å². The lowest BCUT2D eigenvalue weighted by Crippen LogP contribution is -2.53. The molecule has 0 N–H and O–H groups in total. The number of hydrogen-bond donors (Lipinski definition) is 0. The van der Waals surface area contributed by atoms with Crippen molar-refractivity contribution in [2.45, 2.75) is 44.9 Å². The molecule has 1 aromatic heterocycles. The van der Waals surface area contributed by atoms with Gasteiger partial charge in [0.1, 0.15) is 12.1 Å². The van der Waals surface area contributed by atoms with E-state index in [9.17, 15) is 27.6 Å². The maximum atomic E-state index is 12.9. The molecule has 2 aliphatic rings. The van der Waals surface area contributed by atoms with Crippen LogP contribution < -0.4 is 5.56 Å². The van der Waals surface area contributed by atoms with Gasteiger partial charge < -0.3 is 14.4 Å². The number of hydrogen-bond acceptors (Lipinski definition) is 4. The summed E-state index contributed by atoms with van der Waals surface area (Å²) in [5.74, 6) is -0.315. The Bertz CT molecular complexity index is 831. The molecular weight excluding hydrogens is 401 g/mol. The van der Waals surface area contributed by atoms with Crippen LogP contribution in [-0.2, 0) is 22.3 Å². The average molecular weight is 428 g/mol. The van der Waals surface area contributed by atoms with E-state index < -0.39 is 29.8 Å². The zero-order chi connectivity index (χ0) is 21.9. The number of amides is 2. The van der Waals surface area contributed by atoms with Gasteiger partial charge in [0.25, 0.3) is 5.56 Å². The van der Waals surface area contributed by atoms with E-state index in [1.54, 1.807) is 0 Å². The Morgan fingerprint density at radius 1 is 1.03 bits per heavy atom. The molecule has 10 heteroatoms. The Hall–Kier alpha value is -2.36. The molecule has 2 saturated heterocycles. The topological polar surface area (TPSA) is 65.9 Å². The van der Waals surface area contributed by atoms with Crippen LogP contribution in [0.5, 0.6) is 0 Å². The van der Waals surface area contributed by atoms with Gasteiger partial charge >= 0.3 is 6.18 Å². The number of carbonyl (C=O) groups is 2. The Morgan fingerprint density at radius 2 is 1.73 bits per heavy atom. The third-order valence-electron chi connectivity index (χ3n) is 5.84. The summed E-state index contributed by atoms with van der Waals surface area (Å²) in [6.07, 6.45) is -0.395. The predicted molar refractivity (Wildman–Crippen MR) is 104 cm³/mol. The molecular formula is C20H27F3N4O3. The number of aromatic nitrogens is 1. The number of piperidine rings is 1. The van der Waals surface area contributed by atoms with Crippen LogP contribution in [-0.4, -0.2) is 76.4 Å². The van der Waals surface area contributed by atoms with Crippen molar-refractivity contribution in [1.82, 2.24) is 19.3 Å². The van der Waals surface area contributed by atoms with Crippen molar-refractivity contribution in [3.05, 3.63) is 34.2 Å². The van der Waals surface area contributed by atoms with Gasteiger partial charge in [0, 0.05) is 45.0 Å². The van der Waals surface area contributed by atoms with Gasteiger partial charge in [0.2, 0.25) is 11.8 Å². The first kappa shape index (κ1) is 22.3. The van der Waals surface area contributed by atoms with Gasteiger partial charge in [-0.1, -0.05) is 0 Å². The molecule has 3 rings (SSSR count). The fourth-order valence-corrected chi connectivity index (χ4v) is 4.03. The number of piperazine rings is 1. The number of rotatable bonds is 4. The first-order valence-corrected chi connectivity index (χ1v) is 10.2. The quantitative estimate of drug-likeness (QED) is 0.728. The lowest BCUT2D eigenvalue weighted by atomic mass is 10.0. The minimum absolute atomic E-state index is 0.0949. The average Bonchev–Trinajstić information content (AvgIpc) is 2.69. The molecule has 1 unspecified atom stereocenters. The van der Waals surface area contributed by atoms with Crippen molar-refractivity contribution in [3.63, 3.8) is 0 Å². The Morgan fingerprint density at radius 3 is 2.37 bits per heavy atom. The smallest absolute Gasteiger partial charge is 0.339 e. The van der Waals surface area contributed by atoms with Crippen molar-refractivity contribution in [1.29, 1.82) is 0 Å². The molecule has 2 aliphatic heterocycles. The van der Waals surface area contributed by atoms with Gasteiger partial charge in [0.15, 0.2) is 0 Å². The van der Waals surface area contributed by atoms with Crippen molar-refractivity contribution < 1.29 is 22.8 Å². The summed E-state index contributed by atoms with van der Waals surface area (Å²) in [6.45, 7) is 4.47. The fourth-order valence-electron chi connectivity index (χ4n) is 4.03. The molecule has 7 nitrogen and oxygen atoms in total. The van der Waals surface area contributed by atoms with E-state index in [2.05, 4.69) is 6.92 Å². The summed E-state index contributed by atoms with van der Waals surface area (Å²) in [5, 5.41) is 0. The predicted octanol–water partition coefficient (Wildman–Crippen LogP) is 1.41. The zero-order valence-corrected chi connectivity index (χ0v) is 17.0. The second kappa shape index (κ2) is 9.20. The normalized spacial score (nSPS) is 21.0. The number of pyridine rings is 1. The molecule has 0 spiro atoms. The van der Waals surface area contributed by atoms with Crippen LogP contribution in [0.3, 0.4) is 0 Å². The van der Waals surface area contributed by atoms with E-state index in [0.29, 0.717) is 38.8 Å². The Kier molecular flexibility index (Phi) is 6.84. The molecule has 1 atom stereocenters. The number of likely N-dealkylation sites (tertiary alicyclic amines) is 1. The SMILES string of the molecule is CC1CCCCN1C(=O)CN1CCN(C(=O)Cn2cccc(C(F)(F)F)c2=O)CC1. The highest BCUT2D eigenvalue weighted by Crippen LogP contribution is 2.26. The van der Waals surface area contributed by atoms with Crippen molar-refractivity contribution in [3.8, 4) is 0 Å². The second-order valence-corrected chi connectivity index (χ2v) is 7.94. The lowest BCUT2D eigenvalue weighted by molar-refractivity contribution is -0.140. The fraction of sp³-hybridized carbons (Fsp3) is 0.650. The van der Waals surface area contributed by atoms with Crippen LogP contribution in [0.2, 0.25) is 0 Å². The number of nitrogens with zero attached hydrogens (tertiary/aromatic N) is 4. The number of alkyl halides is 3. The minimum Gasteiger partial charge on any atom is -0.339 e. The monoisotopic (exact) mass is 428 g/mol. The minimum atomic E-state index is -4.76. The highest BCUT2D eigenvalue weighted by Gasteiger charge is 2.34. The number of carbonyl (C=O) groups excluding carboxylic acids is 2. The first-order chi connectivity index (χ1) is 14.2. The molecule has 1 aromatic rings.